The molecular formula is C7H11FOS. The summed E-state index contributed by atoms with van der Waals surface area (Å²) >= 11 is 1.85. The number of carbonyl (C=O) groups is 1. The van der Waals surface area contributed by atoms with Crippen LogP contribution in [-0.2, 0) is 4.79 Å². The van der Waals surface area contributed by atoms with Crippen LogP contribution in [0.1, 0.15) is 12.8 Å². The molecule has 1 saturated heterocycles. The fraction of sp³-hybridized carbons (Fsp3) is 0.857. The van der Waals surface area contributed by atoms with Crippen molar-refractivity contribution < 1.29 is 9.18 Å². The first-order valence-electron chi connectivity index (χ1n) is 3.50. The van der Waals surface area contributed by atoms with E-state index < -0.39 is 6.17 Å². The van der Waals surface area contributed by atoms with E-state index >= 15 is 0 Å². The summed E-state index contributed by atoms with van der Waals surface area (Å²) in [7, 11) is 0. The zero-order valence-corrected chi connectivity index (χ0v) is 6.57. The summed E-state index contributed by atoms with van der Waals surface area (Å²) in [5, 5.41) is 0. The number of aldehydes is 1. The van der Waals surface area contributed by atoms with Gasteiger partial charge in [0, 0.05) is 0 Å². The van der Waals surface area contributed by atoms with E-state index in [1.807, 2.05) is 11.8 Å². The van der Waals surface area contributed by atoms with Crippen molar-refractivity contribution in [3.8, 4) is 0 Å². The van der Waals surface area contributed by atoms with Gasteiger partial charge in [0.05, 0.1) is 0 Å². The lowest BCUT2D eigenvalue weighted by Gasteiger charge is -2.06. The molecule has 0 aromatic rings. The van der Waals surface area contributed by atoms with E-state index in [0.29, 0.717) is 18.6 Å². The first kappa shape index (κ1) is 8.05. The van der Waals surface area contributed by atoms with Gasteiger partial charge in [-0.3, -0.25) is 0 Å². The number of thioether (sulfide) groups is 1. The van der Waals surface area contributed by atoms with Crippen molar-refractivity contribution in [2.75, 3.05) is 11.5 Å². The van der Waals surface area contributed by atoms with Gasteiger partial charge in [0.15, 0.2) is 12.5 Å². The Bertz CT molecular complexity index is 112. The third-order valence-corrected chi connectivity index (χ3v) is 2.96. The smallest absolute Gasteiger partial charge is 0.155 e. The molecule has 2 unspecified atom stereocenters. The molecule has 1 fully saturated rings. The standard InChI is InChI=1S/C7H11FOS/c8-7(4-9)3-6-1-2-10-5-6/h4,6-7H,1-3,5H2. The van der Waals surface area contributed by atoms with Crippen LogP contribution in [0.3, 0.4) is 0 Å². The fourth-order valence-corrected chi connectivity index (χ4v) is 2.45. The third-order valence-electron chi connectivity index (χ3n) is 1.73. The first-order chi connectivity index (χ1) is 4.83. The highest BCUT2D eigenvalue weighted by atomic mass is 32.2. The molecule has 1 rings (SSSR count). The zero-order valence-electron chi connectivity index (χ0n) is 5.75. The van der Waals surface area contributed by atoms with E-state index in [0.717, 1.165) is 17.9 Å². The summed E-state index contributed by atoms with van der Waals surface area (Å²) < 4.78 is 12.4. The van der Waals surface area contributed by atoms with Gasteiger partial charge in [-0.15, -0.1) is 0 Å². The summed E-state index contributed by atoms with van der Waals surface area (Å²) in [5.74, 6) is 2.62. The van der Waals surface area contributed by atoms with Gasteiger partial charge in [-0.1, -0.05) is 0 Å². The second-order valence-electron chi connectivity index (χ2n) is 2.62. The van der Waals surface area contributed by atoms with Gasteiger partial charge in [-0.25, -0.2) is 4.39 Å². The van der Waals surface area contributed by atoms with Gasteiger partial charge in [-0.2, -0.15) is 11.8 Å². The molecule has 58 valence electrons. The van der Waals surface area contributed by atoms with Gasteiger partial charge >= 0.3 is 0 Å². The molecule has 0 aromatic heterocycles. The van der Waals surface area contributed by atoms with Crippen LogP contribution in [-0.4, -0.2) is 24.0 Å². The van der Waals surface area contributed by atoms with E-state index in [1.165, 1.54) is 0 Å². The highest BCUT2D eigenvalue weighted by Gasteiger charge is 2.19. The Labute approximate surface area is 64.4 Å². The minimum absolute atomic E-state index is 0.406. The number of alkyl halides is 1. The monoisotopic (exact) mass is 162 g/mol. The molecule has 0 amide bonds. The molecule has 1 aliphatic heterocycles. The van der Waals surface area contributed by atoms with Crippen LogP contribution in [0.15, 0.2) is 0 Å². The van der Waals surface area contributed by atoms with Crippen LogP contribution < -0.4 is 0 Å². The average Bonchev–Trinajstić information content (AvgIpc) is 2.40. The van der Waals surface area contributed by atoms with Crippen molar-refractivity contribution in [1.29, 1.82) is 0 Å². The topological polar surface area (TPSA) is 17.1 Å². The molecular weight excluding hydrogens is 151 g/mol. The maximum Gasteiger partial charge on any atom is 0.155 e. The molecule has 0 spiro atoms. The van der Waals surface area contributed by atoms with Crippen LogP contribution in [0.25, 0.3) is 0 Å². The van der Waals surface area contributed by atoms with E-state index in [4.69, 9.17) is 0 Å². The second kappa shape index (κ2) is 3.96. The van der Waals surface area contributed by atoms with E-state index in [1.54, 1.807) is 0 Å². The Balaban J connectivity index is 2.17. The van der Waals surface area contributed by atoms with Crippen molar-refractivity contribution in [2.45, 2.75) is 19.0 Å². The predicted molar refractivity (Wildman–Crippen MR) is 41.0 cm³/mol. The Morgan fingerprint density at radius 2 is 2.60 bits per heavy atom. The molecule has 0 bridgehead atoms. The summed E-state index contributed by atoms with van der Waals surface area (Å²) in [6.07, 6.45) is 0.710. The van der Waals surface area contributed by atoms with E-state index in [2.05, 4.69) is 0 Å². The molecule has 1 nitrogen and oxygen atoms in total. The van der Waals surface area contributed by atoms with Gasteiger partial charge in [0.1, 0.15) is 0 Å². The van der Waals surface area contributed by atoms with Crippen molar-refractivity contribution in [3.05, 3.63) is 0 Å². The van der Waals surface area contributed by atoms with Crippen molar-refractivity contribution in [1.82, 2.24) is 0 Å². The average molecular weight is 162 g/mol. The van der Waals surface area contributed by atoms with Gasteiger partial charge in [-0.05, 0) is 30.3 Å². The molecule has 1 heterocycles. The molecule has 0 aliphatic carbocycles. The van der Waals surface area contributed by atoms with Gasteiger partial charge in [0.2, 0.25) is 0 Å². The van der Waals surface area contributed by atoms with Crippen LogP contribution in [0, 0.1) is 5.92 Å². The number of carbonyl (C=O) groups excluding carboxylic acids is 1. The normalized spacial score (nSPS) is 28.3. The number of hydrogen-bond donors (Lipinski definition) is 0. The Morgan fingerprint density at radius 1 is 1.80 bits per heavy atom. The van der Waals surface area contributed by atoms with Gasteiger partial charge in [0.25, 0.3) is 0 Å². The number of rotatable bonds is 3. The summed E-state index contributed by atoms with van der Waals surface area (Å²) in [6, 6.07) is 0. The molecule has 0 N–H and O–H groups in total. The first-order valence-corrected chi connectivity index (χ1v) is 4.65. The number of halogens is 1. The summed E-state index contributed by atoms with van der Waals surface area (Å²) in [6.45, 7) is 0. The third kappa shape index (κ3) is 2.29. The SMILES string of the molecule is O=CC(F)CC1CCSC1. The Kier molecular flexibility index (Phi) is 3.19. The Hall–Kier alpha value is -0.0500. The predicted octanol–water partition coefficient (Wildman–Crippen LogP) is 1.67. The molecule has 0 radical (unpaired) electrons. The van der Waals surface area contributed by atoms with Crippen LogP contribution in [0.4, 0.5) is 4.39 Å². The molecule has 3 heteroatoms. The fourth-order valence-electron chi connectivity index (χ4n) is 1.14. The van der Waals surface area contributed by atoms with Crippen LogP contribution in [0.2, 0.25) is 0 Å². The van der Waals surface area contributed by atoms with Crippen LogP contribution in [0.5, 0.6) is 0 Å². The highest BCUT2D eigenvalue weighted by molar-refractivity contribution is 7.99. The Morgan fingerprint density at radius 3 is 3.10 bits per heavy atom. The van der Waals surface area contributed by atoms with Gasteiger partial charge < -0.3 is 4.79 Å². The highest BCUT2D eigenvalue weighted by Crippen LogP contribution is 2.27. The number of hydrogen-bond acceptors (Lipinski definition) is 2. The molecule has 0 saturated carbocycles. The lowest BCUT2D eigenvalue weighted by Crippen LogP contribution is -2.09. The molecule has 0 aromatic carbocycles. The maximum atomic E-state index is 12.4. The van der Waals surface area contributed by atoms with Crippen molar-refractivity contribution in [2.24, 2.45) is 5.92 Å². The maximum absolute atomic E-state index is 12.4. The zero-order chi connectivity index (χ0) is 7.40. The minimum Gasteiger partial charge on any atom is -0.300 e. The summed E-state index contributed by atoms with van der Waals surface area (Å²) in [5.41, 5.74) is 0. The summed E-state index contributed by atoms with van der Waals surface area (Å²) in [4.78, 5) is 9.91. The molecule has 1 aliphatic rings. The lowest BCUT2D eigenvalue weighted by atomic mass is 10.0. The second-order valence-corrected chi connectivity index (χ2v) is 3.77. The van der Waals surface area contributed by atoms with E-state index in [-0.39, 0.29) is 0 Å². The van der Waals surface area contributed by atoms with Crippen molar-refractivity contribution in [3.63, 3.8) is 0 Å². The quantitative estimate of drug-likeness (QED) is 0.587. The van der Waals surface area contributed by atoms with Crippen LogP contribution >= 0.6 is 11.8 Å². The lowest BCUT2D eigenvalue weighted by molar-refractivity contribution is -0.112. The van der Waals surface area contributed by atoms with E-state index in [9.17, 15) is 9.18 Å². The van der Waals surface area contributed by atoms with Crippen molar-refractivity contribution >= 4 is 18.0 Å². The minimum atomic E-state index is -1.22. The molecule has 10 heavy (non-hydrogen) atoms. The largest absolute Gasteiger partial charge is 0.300 e. The molecule has 2 atom stereocenters.